The monoisotopic (exact) mass is 387 g/mol. The molecule has 1 saturated heterocycles. The molecule has 1 aliphatic heterocycles. The van der Waals surface area contributed by atoms with E-state index >= 15 is 0 Å². The van der Waals surface area contributed by atoms with Crippen molar-refractivity contribution in [1.29, 1.82) is 0 Å². The fraction of sp³-hybridized carbons (Fsp3) is 0.350. The van der Waals surface area contributed by atoms with Gasteiger partial charge in [-0.3, -0.25) is 4.79 Å². The van der Waals surface area contributed by atoms with Crippen LogP contribution in [0.5, 0.6) is 0 Å². The minimum Gasteiger partial charge on any atom is -0.399 e. The molecule has 2 aromatic carbocycles. The van der Waals surface area contributed by atoms with Crippen LogP contribution in [-0.4, -0.2) is 38.9 Å². The normalized spacial score (nSPS) is 17.7. The van der Waals surface area contributed by atoms with E-state index in [9.17, 15) is 13.2 Å². The molecule has 2 aromatic rings. The van der Waals surface area contributed by atoms with Gasteiger partial charge >= 0.3 is 0 Å². The predicted molar refractivity (Wildman–Crippen MR) is 106 cm³/mol. The van der Waals surface area contributed by atoms with Crippen molar-refractivity contribution in [2.45, 2.75) is 24.7 Å². The van der Waals surface area contributed by atoms with Crippen LogP contribution in [0.1, 0.15) is 28.8 Å². The minimum atomic E-state index is -3.54. The van der Waals surface area contributed by atoms with Gasteiger partial charge in [-0.15, -0.1) is 0 Å². The average Bonchev–Trinajstić information content (AvgIpc) is 2.66. The molecule has 6 nitrogen and oxygen atoms in total. The number of hydrogen-bond donors (Lipinski definition) is 2. The van der Waals surface area contributed by atoms with Crippen LogP contribution in [0, 0.1) is 12.8 Å². The summed E-state index contributed by atoms with van der Waals surface area (Å²) >= 11 is 0. The Hall–Kier alpha value is -2.38. The topological polar surface area (TPSA) is 92.5 Å². The van der Waals surface area contributed by atoms with Crippen molar-refractivity contribution >= 4 is 21.6 Å². The number of benzene rings is 2. The summed E-state index contributed by atoms with van der Waals surface area (Å²) in [5, 5.41) is 0. The lowest BCUT2D eigenvalue weighted by atomic mass is 9.97. The Kier molecular flexibility index (Phi) is 5.82. The lowest BCUT2D eigenvalue weighted by molar-refractivity contribution is 0.0676. The van der Waals surface area contributed by atoms with Gasteiger partial charge in [0.05, 0.1) is 4.90 Å². The number of carbonyl (C=O) groups is 1. The maximum absolute atomic E-state index is 12.7. The van der Waals surface area contributed by atoms with Crippen molar-refractivity contribution in [2.75, 3.05) is 25.4 Å². The lowest BCUT2D eigenvalue weighted by Crippen LogP contribution is -2.43. The highest BCUT2D eigenvalue weighted by atomic mass is 32.2. The zero-order chi connectivity index (χ0) is 19.4. The van der Waals surface area contributed by atoms with E-state index < -0.39 is 10.0 Å². The molecule has 0 aromatic heterocycles. The third-order valence-corrected chi connectivity index (χ3v) is 6.27. The van der Waals surface area contributed by atoms with Gasteiger partial charge in [-0.1, -0.05) is 23.8 Å². The van der Waals surface area contributed by atoms with Crippen LogP contribution in [0.25, 0.3) is 0 Å². The number of aryl methyl sites for hydroxylation is 1. The van der Waals surface area contributed by atoms with Crippen LogP contribution < -0.4 is 10.5 Å². The second kappa shape index (κ2) is 8.10. The Morgan fingerprint density at radius 1 is 1.22 bits per heavy atom. The van der Waals surface area contributed by atoms with E-state index in [-0.39, 0.29) is 16.7 Å². The number of sulfonamides is 1. The summed E-state index contributed by atoms with van der Waals surface area (Å²) in [5.74, 6) is 0.0253. The van der Waals surface area contributed by atoms with Crippen molar-refractivity contribution in [1.82, 2.24) is 9.62 Å². The number of rotatable bonds is 5. The molecule has 1 fully saturated rings. The van der Waals surface area contributed by atoms with E-state index in [1.165, 1.54) is 0 Å². The van der Waals surface area contributed by atoms with Crippen molar-refractivity contribution in [3.8, 4) is 0 Å². The smallest absolute Gasteiger partial charge is 0.253 e. The molecule has 7 heteroatoms. The quantitative estimate of drug-likeness (QED) is 0.771. The number of carbonyl (C=O) groups excluding carboxylic acids is 1. The fourth-order valence-electron chi connectivity index (χ4n) is 3.30. The van der Waals surface area contributed by atoms with E-state index in [0.717, 1.165) is 18.4 Å². The Balaban J connectivity index is 1.61. The van der Waals surface area contributed by atoms with Crippen LogP contribution >= 0.6 is 0 Å². The van der Waals surface area contributed by atoms with Gasteiger partial charge in [0.1, 0.15) is 0 Å². The first-order valence-electron chi connectivity index (χ1n) is 9.06. The van der Waals surface area contributed by atoms with Gasteiger partial charge in [0.25, 0.3) is 5.91 Å². The largest absolute Gasteiger partial charge is 0.399 e. The zero-order valence-corrected chi connectivity index (χ0v) is 16.2. The molecule has 0 radical (unpaired) electrons. The Morgan fingerprint density at radius 2 is 1.96 bits per heavy atom. The maximum atomic E-state index is 12.7. The molecule has 3 N–H and O–H groups in total. The number of nitrogens with two attached hydrogens (primary N) is 1. The zero-order valence-electron chi connectivity index (χ0n) is 15.4. The molecule has 0 bridgehead atoms. The van der Waals surface area contributed by atoms with E-state index in [0.29, 0.717) is 30.9 Å². The molecule has 1 unspecified atom stereocenters. The van der Waals surface area contributed by atoms with Gasteiger partial charge in [-0.05, 0) is 56.0 Å². The van der Waals surface area contributed by atoms with E-state index in [4.69, 9.17) is 5.73 Å². The molecule has 0 spiro atoms. The second-order valence-corrected chi connectivity index (χ2v) is 8.82. The highest BCUT2D eigenvalue weighted by Crippen LogP contribution is 2.20. The predicted octanol–water partition coefficient (Wildman–Crippen LogP) is 2.41. The highest BCUT2D eigenvalue weighted by Gasteiger charge is 2.26. The number of nitrogens with one attached hydrogen (secondary N) is 1. The summed E-state index contributed by atoms with van der Waals surface area (Å²) in [6.45, 7) is 3.44. The van der Waals surface area contributed by atoms with Crippen LogP contribution in [0.2, 0.25) is 0 Å². The summed E-state index contributed by atoms with van der Waals surface area (Å²) in [7, 11) is -3.54. The second-order valence-electron chi connectivity index (χ2n) is 7.05. The number of nitrogen functional groups attached to an aromatic ring is 1. The van der Waals surface area contributed by atoms with Gasteiger partial charge in [0, 0.05) is 30.9 Å². The first-order valence-corrected chi connectivity index (χ1v) is 10.5. The number of piperidine rings is 1. The molecule has 27 heavy (non-hydrogen) atoms. The maximum Gasteiger partial charge on any atom is 0.253 e. The number of anilines is 1. The van der Waals surface area contributed by atoms with E-state index in [1.807, 2.05) is 6.92 Å². The average molecular weight is 388 g/mol. The first-order chi connectivity index (χ1) is 12.8. The van der Waals surface area contributed by atoms with Crippen molar-refractivity contribution in [2.24, 2.45) is 5.92 Å². The van der Waals surface area contributed by atoms with Gasteiger partial charge in [-0.2, -0.15) is 0 Å². The number of likely N-dealkylation sites (tertiary alicyclic amines) is 1. The Bertz CT molecular complexity index is 910. The van der Waals surface area contributed by atoms with Gasteiger partial charge in [0.15, 0.2) is 0 Å². The third-order valence-electron chi connectivity index (χ3n) is 4.83. The van der Waals surface area contributed by atoms with Crippen molar-refractivity contribution < 1.29 is 13.2 Å². The Morgan fingerprint density at radius 3 is 2.67 bits per heavy atom. The summed E-state index contributed by atoms with van der Waals surface area (Å²) in [4.78, 5) is 14.7. The number of nitrogens with zero attached hydrogens (tertiary/aromatic N) is 1. The van der Waals surface area contributed by atoms with Crippen LogP contribution in [0.4, 0.5) is 5.69 Å². The lowest BCUT2D eigenvalue weighted by Gasteiger charge is -2.33. The Labute approximate surface area is 160 Å². The molecule has 1 aliphatic rings. The highest BCUT2D eigenvalue weighted by molar-refractivity contribution is 7.89. The van der Waals surface area contributed by atoms with Crippen molar-refractivity contribution in [3.63, 3.8) is 0 Å². The molecule has 1 amide bonds. The summed E-state index contributed by atoms with van der Waals surface area (Å²) in [5.41, 5.74) is 7.90. The van der Waals surface area contributed by atoms with Crippen LogP contribution in [0.3, 0.4) is 0 Å². The number of amides is 1. The SMILES string of the molecule is Cc1ccc(S(=O)(=O)NCC2CCCN(C(=O)c3cccc(N)c3)C2)cc1. The first kappa shape index (κ1) is 19.4. The van der Waals surface area contributed by atoms with Gasteiger partial charge in [0.2, 0.25) is 10.0 Å². The van der Waals surface area contributed by atoms with Crippen LogP contribution in [0.15, 0.2) is 53.4 Å². The molecular formula is C20H25N3O3S. The molecule has 3 rings (SSSR count). The number of hydrogen-bond acceptors (Lipinski definition) is 4. The molecular weight excluding hydrogens is 362 g/mol. The third kappa shape index (κ3) is 4.87. The molecule has 144 valence electrons. The molecule has 1 heterocycles. The minimum absolute atomic E-state index is 0.0617. The van der Waals surface area contributed by atoms with E-state index in [1.54, 1.807) is 53.4 Å². The molecule has 0 aliphatic carbocycles. The fourth-order valence-corrected chi connectivity index (χ4v) is 4.41. The summed E-state index contributed by atoms with van der Waals surface area (Å²) in [6, 6.07) is 13.7. The van der Waals surface area contributed by atoms with Crippen molar-refractivity contribution in [3.05, 3.63) is 59.7 Å². The molecule has 0 saturated carbocycles. The van der Waals surface area contributed by atoms with Gasteiger partial charge in [-0.25, -0.2) is 13.1 Å². The van der Waals surface area contributed by atoms with E-state index in [2.05, 4.69) is 4.72 Å². The standard InChI is InChI=1S/C20H25N3O3S/c1-15-7-9-19(10-8-15)27(25,26)22-13-16-4-3-11-23(14-16)20(24)17-5-2-6-18(21)12-17/h2,5-10,12,16,22H,3-4,11,13-14,21H2,1H3. The molecule has 1 atom stereocenters. The summed E-state index contributed by atoms with van der Waals surface area (Å²) < 4.78 is 27.6. The van der Waals surface area contributed by atoms with Gasteiger partial charge < -0.3 is 10.6 Å². The van der Waals surface area contributed by atoms with Crippen LogP contribution in [-0.2, 0) is 10.0 Å². The summed E-state index contributed by atoms with van der Waals surface area (Å²) in [6.07, 6.45) is 1.74.